The maximum atomic E-state index is 11.8. The minimum absolute atomic E-state index is 0.434. The number of nitrogens with one attached hydrogen (secondary N) is 1. The molecule has 2 aliphatic rings. The first-order chi connectivity index (χ1) is 13.8. The van der Waals surface area contributed by atoms with E-state index in [0.717, 1.165) is 27.7 Å². The van der Waals surface area contributed by atoms with E-state index >= 15 is 0 Å². The Balaban J connectivity index is 2.59. The summed E-state index contributed by atoms with van der Waals surface area (Å²) in [5.74, 6) is -7.08. The second kappa shape index (κ2) is 8.56. The number of carbonyl (C=O) groups is 4. The summed E-state index contributed by atoms with van der Waals surface area (Å²) in [6.45, 7) is 7.00. The van der Waals surface area contributed by atoms with Crippen LogP contribution in [0.1, 0.15) is 41.5 Å². The van der Waals surface area contributed by atoms with Crippen molar-refractivity contribution in [1.29, 1.82) is 5.41 Å². The fourth-order valence-electron chi connectivity index (χ4n) is 3.28. The molecule has 168 valence electrons. The van der Waals surface area contributed by atoms with Gasteiger partial charge in [-0.3, -0.25) is 29.3 Å². The zero-order valence-corrected chi connectivity index (χ0v) is 17.5. The van der Waals surface area contributed by atoms with Crippen LogP contribution in [-0.4, -0.2) is 72.4 Å². The Morgan fingerprint density at radius 2 is 1.43 bits per heavy atom. The molecule has 30 heavy (non-hydrogen) atoms. The maximum Gasteiger partial charge on any atom is 0.303 e. The van der Waals surface area contributed by atoms with Gasteiger partial charge in [-0.25, -0.2) is 0 Å². The monoisotopic (exact) mass is 431 g/mol. The number of hydrogen-bond donors (Lipinski definition) is 1. The fraction of sp³-hybridized carbons (Fsp3) is 0.722. The largest absolute Gasteiger partial charge is 0.463 e. The van der Waals surface area contributed by atoms with E-state index in [9.17, 15) is 19.2 Å². The van der Waals surface area contributed by atoms with Crippen LogP contribution in [0, 0.1) is 5.41 Å². The normalized spacial score (nSPS) is 32.1. The number of ether oxygens (including phenoxy) is 7. The van der Waals surface area contributed by atoms with Crippen molar-refractivity contribution >= 4 is 29.8 Å². The Labute approximate surface area is 172 Å². The van der Waals surface area contributed by atoms with Crippen LogP contribution in [0.25, 0.3) is 0 Å². The lowest BCUT2D eigenvalue weighted by molar-refractivity contribution is -0.352. The Kier molecular flexibility index (Phi) is 6.72. The predicted octanol–water partition coefficient (Wildman–Crippen LogP) is 0.200. The van der Waals surface area contributed by atoms with Crippen LogP contribution >= 0.6 is 0 Å². The molecule has 1 N–H and O–H groups in total. The summed E-state index contributed by atoms with van der Waals surface area (Å²) >= 11 is 0. The van der Waals surface area contributed by atoms with Crippen molar-refractivity contribution in [2.45, 2.75) is 77.5 Å². The molecule has 0 bridgehead atoms. The number of hydrogen-bond acceptors (Lipinski definition) is 12. The third-order valence-corrected chi connectivity index (χ3v) is 4.10. The second-order valence-corrected chi connectivity index (χ2v) is 7.24. The highest BCUT2D eigenvalue weighted by Crippen LogP contribution is 2.44. The Bertz CT molecular complexity index is 748. The minimum Gasteiger partial charge on any atom is -0.463 e. The highest BCUT2D eigenvalue weighted by molar-refractivity contribution is 5.84. The van der Waals surface area contributed by atoms with Gasteiger partial charge in [0, 0.05) is 41.5 Å². The number of esters is 4. The summed E-state index contributed by atoms with van der Waals surface area (Å²) in [5.41, 5.74) is 0. The average Bonchev–Trinajstić information content (AvgIpc) is 2.79. The van der Waals surface area contributed by atoms with E-state index < -0.39 is 72.4 Å². The van der Waals surface area contributed by atoms with Crippen LogP contribution in [0.5, 0.6) is 0 Å². The molecule has 2 fully saturated rings. The minimum atomic E-state index is -2.14. The molecule has 5 atom stereocenters. The first kappa shape index (κ1) is 23.5. The lowest BCUT2D eigenvalue weighted by Crippen LogP contribution is -2.70. The molecule has 2 aliphatic heterocycles. The van der Waals surface area contributed by atoms with Crippen LogP contribution < -0.4 is 0 Å². The van der Waals surface area contributed by atoms with Crippen LogP contribution in [0.3, 0.4) is 0 Å². The van der Waals surface area contributed by atoms with Crippen molar-refractivity contribution in [2.75, 3.05) is 6.61 Å². The number of carbonyl (C=O) groups excluding carboxylic acids is 4. The molecule has 0 aromatic heterocycles. The van der Waals surface area contributed by atoms with Gasteiger partial charge in [0.25, 0.3) is 5.79 Å². The van der Waals surface area contributed by atoms with Crippen LogP contribution in [0.4, 0.5) is 0 Å². The van der Waals surface area contributed by atoms with Crippen LogP contribution in [-0.2, 0) is 52.3 Å². The first-order valence-corrected chi connectivity index (χ1v) is 9.08. The van der Waals surface area contributed by atoms with Gasteiger partial charge in [0.05, 0.1) is 0 Å². The van der Waals surface area contributed by atoms with E-state index in [2.05, 4.69) is 0 Å². The highest BCUT2D eigenvalue weighted by atomic mass is 16.9. The van der Waals surface area contributed by atoms with Gasteiger partial charge >= 0.3 is 23.9 Å². The van der Waals surface area contributed by atoms with Crippen LogP contribution in [0.15, 0.2) is 0 Å². The molecule has 1 spiro atoms. The third kappa shape index (κ3) is 5.05. The second-order valence-electron chi connectivity index (χ2n) is 7.24. The Morgan fingerprint density at radius 1 is 0.900 bits per heavy atom. The van der Waals surface area contributed by atoms with Gasteiger partial charge in [0.15, 0.2) is 12.2 Å². The van der Waals surface area contributed by atoms with Gasteiger partial charge in [-0.15, -0.1) is 0 Å². The summed E-state index contributed by atoms with van der Waals surface area (Å²) in [7, 11) is 0. The summed E-state index contributed by atoms with van der Waals surface area (Å²) in [4.78, 5) is 46.6. The van der Waals surface area contributed by atoms with E-state index in [0.29, 0.717) is 0 Å². The van der Waals surface area contributed by atoms with Crippen LogP contribution in [0.2, 0.25) is 0 Å². The van der Waals surface area contributed by atoms with Crippen molar-refractivity contribution < 1.29 is 52.3 Å². The SMILES string of the molecule is CC(=O)OC[C@H]1O[C@]2(OC(C)(C)OC2=N)[C@H](OC(C)=O)[C@@H](OC(C)=O)[C@@H]1OC(C)=O. The average molecular weight is 431 g/mol. The van der Waals surface area contributed by atoms with Crippen molar-refractivity contribution in [3.8, 4) is 0 Å². The zero-order valence-electron chi connectivity index (χ0n) is 17.5. The lowest BCUT2D eigenvalue weighted by atomic mass is 9.91. The summed E-state index contributed by atoms with van der Waals surface area (Å²) in [5, 5.41) is 8.29. The molecule has 0 aromatic carbocycles. The zero-order chi connectivity index (χ0) is 22.9. The Morgan fingerprint density at radius 3 is 1.87 bits per heavy atom. The standard InChI is InChI=1S/C18H25NO11/c1-8(20)24-7-12-13(25-9(2)21)14(26-10(3)22)15(27-11(4)23)18(28-12)16(19)29-17(5,6)30-18/h12-15,19H,7H2,1-6H3/t12-,13-,14+,15-,18+/m1/s1. The summed E-state index contributed by atoms with van der Waals surface area (Å²) < 4.78 is 37.9. The Hall–Kier alpha value is -2.73. The number of rotatable bonds is 5. The van der Waals surface area contributed by atoms with Crippen molar-refractivity contribution in [3.05, 3.63) is 0 Å². The molecule has 2 rings (SSSR count). The molecular formula is C18H25NO11. The molecule has 2 saturated heterocycles. The third-order valence-electron chi connectivity index (χ3n) is 4.10. The van der Waals surface area contributed by atoms with Gasteiger partial charge in [0.2, 0.25) is 17.8 Å². The van der Waals surface area contributed by atoms with Gasteiger partial charge in [-0.2, -0.15) is 0 Å². The molecule has 0 aromatic rings. The smallest absolute Gasteiger partial charge is 0.303 e. The molecule has 0 amide bonds. The molecule has 2 heterocycles. The van der Waals surface area contributed by atoms with Gasteiger partial charge in [0.1, 0.15) is 12.7 Å². The molecular weight excluding hydrogens is 406 g/mol. The molecule has 0 aliphatic carbocycles. The van der Waals surface area contributed by atoms with Crippen molar-refractivity contribution in [1.82, 2.24) is 0 Å². The van der Waals surface area contributed by atoms with Gasteiger partial charge < -0.3 is 28.4 Å². The quantitative estimate of drug-likeness (QED) is 0.468. The topological polar surface area (TPSA) is 157 Å². The molecule has 12 heteroatoms. The van der Waals surface area contributed by atoms with E-state index in [-0.39, 0.29) is 0 Å². The van der Waals surface area contributed by atoms with Crippen molar-refractivity contribution in [2.24, 2.45) is 0 Å². The molecule has 0 radical (unpaired) electrons. The van der Waals surface area contributed by atoms with E-state index in [1.54, 1.807) is 0 Å². The van der Waals surface area contributed by atoms with E-state index in [1.807, 2.05) is 0 Å². The van der Waals surface area contributed by atoms with Crippen molar-refractivity contribution in [3.63, 3.8) is 0 Å². The summed E-state index contributed by atoms with van der Waals surface area (Å²) in [6.07, 6.45) is -5.61. The lowest BCUT2D eigenvalue weighted by Gasteiger charge is -2.47. The first-order valence-electron chi connectivity index (χ1n) is 9.08. The molecule has 0 unspecified atom stereocenters. The van der Waals surface area contributed by atoms with E-state index in [4.69, 9.17) is 38.6 Å². The van der Waals surface area contributed by atoms with Gasteiger partial charge in [-0.05, 0) is 0 Å². The summed E-state index contributed by atoms with van der Waals surface area (Å²) in [6, 6.07) is 0. The van der Waals surface area contributed by atoms with E-state index in [1.165, 1.54) is 13.8 Å². The molecule has 12 nitrogen and oxygen atoms in total. The predicted molar refractivity (Wildman–Crippen MR) is 94.9 cm³/mol. The molecule has 0 saturated carbocycles. The maximum absolute atomic E-state index is 11.8. The van der Waals surface area contributed by atoms with Gasteiger partial charge in [-0.1, -0.05) is 0 Å². The highest BCUT2D eigenvalue weighted by Gasteiger charge is 2.69. The fourth-order valence-corrected chi connectivity index (χ4v) is 3.28.